The number of amides is 2. The summed E-state index contributed by atoms with van der Waals surface area (Å²) in [7, 11) is 3.48. The van der Waals surface area contributed by atoms with Crippen molar-refractivity contribution in [2.24, 2.45) is 5.92 Å². The first-order valence-electron chi connectivity index (χ1n) is 12.4. The predicted molar refractivity (Wildman–Crippen MR) is 139 cm³/mol. The molecule has 0 radical (unpaired) electrons. The van der Waals surface area contributed by atoms with E-state index < -0.39 is 0 Å². The summed E-state index contributed by atoms with van der Waals surface area (Å²) in [6.45, 7) is 8.78. The molecule has 0 fully saturated rings. The van der Waals surface area contributed by atoms with E-state index in [2.05, 4.69) is 48.3 Å². The van der Waals surface area contributed by atoms with Gasteiger partial charge in [0, 0.05) is 51.9 Å². The van der Waals surface area contributed by atoms with Crippen LogP contribution in [0.25, 0.3) is 0 Å². The second-order valence-electron chi connectivity index (χ2n) is 9.52. The molecule has 1 N–H and O–H groups in total. The Labute approximate surface area is 209 Å². The Bertz CT molecular complexity index is 981. The van der Waals surface area contributed by atoms with E-state index in [1.54, 1.807) is 37.3 Å². The Balaban J connectivity index is 1.92. The van der Waals surface area contributed by atoms with E-state index >= 15 is 0 Å². The molecule has 1 aliphatic heterocycles. The van der Waals surface area contributed by atoms with Crippen molar-refractivity contribution in [3.8, 4) is 5.75 Å². The summed E-state index contributed by atoms with van der Waals surface area (Å²) in [6.07, 6.45) is 1.07. The van der Waals surface area contributed by atoms with Gasteiger partial charge in [0.2, 0.25) is 5.91 Å². The second-order valence-corrected chi connectivity index (χ2v) is 9.52. The molecule has 0 aliphatic carbocycles. The highest BCUT2D eigenvalue weighted by Gasteiger charge is 2.28. The summed E-state index contributed by atoms with van der Waals surface area (Å²) < 4.78 is 12.1. The van der Waals surface area contributed by atoms with Crippen molar-refractivity contribution in [1.82, 2.24) is 9.80 Å². The molecule has 0 unspecified atom stereocenters. The number of hydrogen-bond donors (Lipinski definition) is 1. The molecule has 190 valence electrons. The molecule has 0 saturated carbocycles. The molecule has 7 nitrogen and oxygen atoms in total. The fourth-order valence-electron chi connectivity index (χ4n) is 4.42. The van der Waals surface area contributed by atoms with Crippen molar-refractivity contribution in [3.63, 3.8) is 0 Å². The van der Waals surface area contributed by atoms with E-state index in [-0.39, 0.29) is 29.9 Å². The molecule has 0 aromatic heterocycles. The highest BCUT2D eigenvalue weighted by Crippen LogP contribution is 2.27. The average Bonchev–Trinajstić information content (AvgIpc) is 2.85. The zero-order chi connectivity index (χ0) is 25.4. The third-order valence-electron chi connectivity index (χ3n) is 6.56. The molecule has 1 aliphatic rings. The maximum absolute atomic E-state index is 13.4. The Morgan fingerprint density at radius 2 is 1.89 bits per heavy atom. The van der Waals surface area contributed by atoms with Gasteiger partial charge in [-0.05, 0) is 43.0 Å². The van der Waals surface area contributed by atoms with Crippen LogP contribution in [-0.2, 0) is 16.1 Å². The van der Waals surface area contributed by atoms with Gasteiger partial charge >= 0.3 is 0 Å². The van der Waals surface area contributed by atoms with E-state index in [1.807, 2.05) is 13.0 Å². The van der Waals surface area contributed by atoms with E-state index in [0.29, 0.717) is 36.6 Å². The number of carbonyl (C=O) groups is 2. The molecule has 2 aromatic carbocycles. The third kappa shape index (κ3) is 7.29. The molecule has 0 spiro atoms. The van der Waals surface area contributed by atoms with Gasteiger partial charge in [0.15, 0.2) is 0 Å². The van der Waals surface area contributed by atoms with Crippen molar-refractivity contribution >= 4 is 17.5 Å². The number of carbonyl (C=O) groups excluding carboxylic acids is 2. The summed E-state index contributed by atoms with van der Waals surface area (Å²) in [5.74, 6) is 0.486. The van der Waals surface area contributed by atoms with Crippen LogP contribution in [0.5, 0.6) is 5.75 Å². The van der Waals surface area contributed by atoms with Crippen LogP contribution >= 0.6 is 0 Å². The smallest absolute Gasteiger partial charge is 0.257 e. The first-order chi connectivity index (χ1) is 16.8. The minimum absolute atomic E-state index is 0.0687. The number of nitrogens with zero attached hydrogens (tertiary/aromatic N) is 2. The molecule has 35 heavy (non-hydrogen) atoms. The van der Waals surface area contributed by atoms with Gasteiger partial charge in [-0.25, -0.2) is 0 Å². The molecule has 1 heterocycles. The topological polar surface area (TPSA) is 71.1 Å². The van der Waals surface area contributed by atoms with Crippen LogP contribution < -0.4 is 10.1 Å². The molecule has 2 amide bonds. The van der Waals surface area contributed by atoms with E-state index in [4.69, 9.17) is 9.47 Å². The number of hydrogen-bond acceptors (Lipinski definition) is 5. The highest BCUT2D eigenvalue weighted by molar-refractivity contribution is 5.99. The predicted octanol–water partition coefficient (Wildman–Crippen LogP) is 4.43. The number of methoxy groups -OCH3 is 1. The minimum Gasteiger partial charge on any atom is -0.491 e. The average molecular weight is 482 g/mol. The number of fused-ring (bicyclic) bond motifs is 1. The third-order valence-corrected chi connectivity index (χ3v) is 6.56. The number of benzene rings is 2. The van der Waals surface area contributed by atoms with E-state index in [9.17, 15) is 9.59 Å². The van der Waals surface area contributed by atoms with Crippen molar-refractivity contribution < 1.29 is 19.1 Å². The molecule has 7 heteroatoms. The van der Waals surface area contributed by atoms with Crippen molar-refractivity contribution in [3.05, 3.63) is 59.7 Å². The van der Waals surface area contributed by atoms with Crippen LogP contribution in [0, 0.1) is 5.92 Å². The number of ether oxygens (including phenoxy) is 2. The molecule has 3 atom stereocenters. The number of nitrogens with one attached hydrogen (secondary N) is 1. The summed E-state index contributed by atoms with van der Waals surface area (Å²) in [5.41, 5.74) is 2.27. The van der Waals surface area contributed by atoms with Crippen LogP contribution in [-0.4, -0.2) is 67.6 Å². The number of anilines is 1. The molecule has 2 aromatic rings. The van der Waals surface area contributed by atoms with Gasteiger partial charge in [0.25, 0.3) is 5.91 Å². The zero-order valence-corrected chi connectivity index (χ0v) is 21.6. The zero-order valence-electron chi connectivity index (χ0n) is 21.6. The van der Waals surface area contributed by atoms with Crippen LogP contribution in [0.2, 0.25) is 0 Å². The lowest BCUT2D eigenvalue weighted by Crippen LogP contribution is -2.46. The lowest BCUT2D eigenvalue weighted by Gasteiger charge is -2.36. The van der Waals surface area contributed by atoms with Crippen LogP contribution in [0.15, 0.2) is 48.5 Å². The Morgan fingerprint density at radius 3 is 2.57 bits per heavy atom. The fourth-order valence-corrected chi connectivity index (χ4v) is 4.42. The van der Waals surface area contributed by atoms with Gasteiger partial charge < -0.3 is 19.7 Å². The largest absolute Gasteiger partial charge is 0.491 e. The number of rotatable bonds is 6. The van der Waals surface area contributed by atoms with Gasteiger partial charge in [-0.1, -0.05) is 44.2 Å². The highest BCUT2D eigenvalue weighted by atomic mass is 16.5. The van der Waals surface area contributed by atoms with E-state index in [1.165, 1.54) is 5.56 Å². The van der Waals surface area contributed by atoms with Crippen molar-refractivity contribution in [2.75, 3.05) is 39.2 Å². The Kier molecular flexibility index (Phi) is 9.69. The monoisotopic (exact) mass is 481 g/mol. The molecule has 3 rings (SSSR count). The Morgan fingerprint density at radius 1 is 1.14 bits per heavy atom. The van der Waals surface area contributed by atoms with Crippen LogP contribution in [0.1, 0.15) is 49.5 Å². The number of likely N-dealkylation sites (N-methyl/N-ethyl adjacent to an activating group) is 1. The molecular formula is C28H39N3O4. The molecular weight excluding hydrogens is 442 g/mol. The summed E-state index contributed by atoms with van der Waals surface area (Å²) in [4.78, 5) is 29.6. The van der Waals surface area contributed by atoms with Gasteiger partial charge in [0.1, 0.15) is 12.4 Å². The first kappa shape index (κ1) is 26.7. The lowest BCUT2D eigenvalue weighted by molar-refractivity contribution is -0.116. The van der Waals surface area contributed by atoms with Crippen molar-refractivity contribution in [2.45, 2.75) is 52.3 Å². The normalized spacial score (nSPS) is 21.9. The maximum Gasteiger partial charge on any atom is 0.257 e. The Hall–Kier alpha value is -2.90. The minimum atomic E-state index is -0.157. The summed E-state index contributed by atoms with van der Waals surface area (Å²) in [6, 6.07) is 15.8. The lowest BCUT2D eigenvalue weighted by atomic mass is 10.0. The van der Waals surface area contributed by atoms with E-state index in [0.717, 1.165) is 19.5 Å². The van der Waals surface area contributed by atoms with Gasteiger partial charge in [-0.2, -0.15) is 0 Å². The molecule has 0 bridgehead atoms. The summed E-state index contributed by atoms with van der Waals surface area (Å²) >= 11 is 0. The van der Waals surface area contributed by atoms with Gasteiger partial charge in [-0.15, -0.1) is 0 Å². The van der Waals surface area contributed by atoms with Crippen LogP contribution in [0.4, 0.5) is 5.69 Å². The van der Waals surface area contributed by atoms with Crippen LogP contribution in [0.3, 0.4) is 0 Å². The fraction of sp³-hybridized carbons (Fsp3) is 0.500. The quantitative estimate of drug-likeness (QED) is 0.661. The molecule has 0 saturated heterocycles. The van der Waals surface area contributed by atoms with Gasteiger partial charge in [0.05, 0.1) is 11.7 Å². The summed E-state index contributed by atoms with van der Waals surface area (Å²) in [5, 5.41) is 2.89. The standard InChI is InChI=1S/C28H39N3O4/c1-6-10-27(32)29-23-13-14-25-24(15-23)28(33)30(4)18-26(34-5)20(2)16-31(21(3)19-35-25)17-22-11-8-7-9-12-22/h7-9,11-15,20-21,26H,6,10,16-19H2,1-5H3,(H,29,32)/t20-,21-,26+/m0/s1. The van der Waals surface area contributed by atoms with Crippen molar-refractivity contribution in [1.29, 1.82) is 0 Å². The first-order valence-corrected chi connectivity index (χ1v) is 12.4. The van der Waals surface area contributed by atoms with Gasteiger partial charge in [-0.3, -0.25) is 14.5 Å². The SMILES string of the molecule is CCCC(=O)Nc1ccc2c(c1)C(=O)N(C)C[C@@H](OC)[C@@H](C)CN(Cc1ccccc1)[C@@H](C)CO2. The second kappa shape index (κ2) is 12.7. The maximum atomic E-state index is 13.4.